The number of phenolic OH excluding ortho intramolecular Hbond substituents is 1. The van der Waals surface area contributed by atoms with E-state index in [-0.39, 0.29) is 29.0 Å². The molecule has 4 N–H and O–H groups in total. The number of amidine groups is 2. The van der Waals surface area contributed by atoms with Crippen molar-refractivity contribution in [3.8, 4) is 5.75 Å². The van der Waals surface area contributed by atoms with Gasteiger partial charge in [0.25, 0.3) is 17.1 Å². The number of amides is 1. The number of furan rings is 1. The Kier molecular flexibility index (Phi) is 7.72. The van der Waals surface area contributed by atoms with Crippen LogP contribution in [0.25, 0.3) is 0 Å². The normalized spacial score (nSPS) is 16.1. The molecule has 1 aliphatic rings. The van der Waals surface area contributed by atoms with Crippen LogP contribution < -0.4 is 10.6 Å². The minimum absolute atomic E-state index is 0.0943. The molecule has 0 radical (unpaired) electrons. The van der Waals surface area contributed by atoms with E-state index >= 15 is 0 Å². The van der Waals surface area contributed by atoms with Crippen molar-refractivity contribution in [2.24, 2.45) is 8.80 Å². The maximum Gasteiger partial charge on any atom is 0.323 e. The van der Waals surface area contributed by atoms with E-state index in [0.29, 0.717) is 18.1 Å². The Morgan fingerprint density at radius 2 is 1.94 bits per heavy atom. The summed E-state index contributed by atoms with van der Waals surface area (Å²) in [6.45, 7) is 5.56. The number of phenols is 1. The number of hydrogen-bond acceptors (Lipinski definition) is 7. The Balaban J connectivity index is 1.80. The van der Waals surface area contributed by atoms with Gasteiger partial charge in [-0.05, 0) is 36.1 Å². The number of likely N-dealkylation sites (N-methyl/N-ethyl adjacent to an activating group) is 1. The lowest BCUT2D eigenvalue weighted by Gasteiger charge is -2.19. The number of nitrogens with zero attached hydrogens (tertiary/aromatic N) is 3. The van der Waals surface area contributed by atoms with Gasteiger partial charge in [-0.2, -0.15) is 0 Å². The molecular formula is C22H27N5O6S. The Hall–Kier alpha value is -3.67. The molecular weight excluding hydrogens is 462 g/mol. The van der Waals surface area contributed by atoms with Crippen molar-refractivity contribution >= 4 is 40.4 Å². The zero-order valence-corrected chi connectivity index (χ0v) is 20.0. The molecule has 11 nitrogen and oxygen atoms in total. The molecule has 0 aliphatic carbocycles. The van der Waals surface area contributed by atoms with E-state index < -0.39 is 35.3 Å². The number of carboxylic acid groups (broad SMARTS) is 1. The summed E-state index contributed by atoms with van der Waals surface area (Å²) in [5, 5.41) is 25.6. The molecule has 182 valence electrons. The summed E-state index contributed by atoms with van der Waals surface area (Å²) in [4.78, 5) is 24.4. The summed E-state index contributed by atoms with van der Waals surface area (Å²) in [5.41, 5.74) is 1.08. The fourth-order valence-electron chi connectivity index (χ4n) is 3.26. The van der Waals surface area contributed by atoms with Gasteiger partial charge < -0.3 is 30.2 Å². The smallest absolute Gasteiger partial charge is 0.323 e. The number of hydrogen-bond donors (Lipinski definition) is 4. The first-order valence-corrected chi connectivity index (χ1v) is 11.7. The van der Waals surface area contributed by atoms with E-state index in [1.165, 1.54) is 25.2 Å². The highest BCUT2D eigenvalue weighted by Crippen LogP contribution is 2.29. The predicted octanol–water partition coefficient (Wildman–Crippen LogP) is 2.81. The second-order valence-electron chi connectivity index (χ2n) is 8.03. The maximum atomic E-state index is 12.5. The van der Waals surface area contributed by atoms with Gasteiger partial charge in [0.2, 0.25) is 0 Å². The van der Waals surface area contributed by atoms with Crippen LogP contribution in [0.15, 0.2) is 43.7 Å². The number of carbonyl (C=O) groups is 2. The van der Waals surface area contributed by atoms with Crippen LogP contribution in [0.2, 0.25) is 0 Å². The summed E-state index contributed by atoms with van der Waals surface area (Å²) in [6.07, 6.45) is 2.35. The first kappa shape index (κ1) is 25.0. The third-order valence-corrected chi connectivity index (χ3v) is 5.85. The zero-order chi connectivity index (χ0) is 25.0. The Morgan fingerprint density at radius 1 is 1.24 bits per heavy atom. The molecule has 2 heterocycles. The van der Waals surface area contributed by atoms with Crippen molar-refractivity contribution in [1.29, 1.82) is 0 Å². The lowest BCUT2D eigenvalue weighted by Crippen LogP contribution is -2.36. The predicted molar refractivity (Wildman–Crippen MR) is 128 cm³/mol. The molecule has 1 aromatic heterocycles. The molecule has 1 amide bonds. The van der Waals surface area contributed by atoms with Crippen LogP contribution in [0.4, 0.5) is 5.69 Å². The van der Waals surface area contributed by atoms with E-state index in [2.05, 4.69) is 33.3 Å². The SMILES string of the molecule is CCC(NC1=NS(=O)N=C1Nc1cccc(C(=O)N(C)CC(=O)O)c1O)c1cc(C(C)C)co1. The van der Waals surface area contributed by atoms with Gasteiger partial charge in [-0.1, -0.05) is 26.8 Å². The number of nitrogens with one attached hydrogen (secondary N) is 2. The molecule has 0 spiro atoms. The summed E-state index contributed by atoms with van der Waals surface area (Å²) in [6, 6.07) is 6.09. The second-order valence-corrected chi connectivity index (χ2v) is 8.86. The van der Waals surface area contributed by atoms with Gasteiger partial charge in [0.1, 0.15) is 12.3 Å². The molecule has 2 unspecified atom stereocenters. The summed E-state index contributed by atoms with van der Waals surface area (Å²) in [5.74, 6) is -0.915. The average molecular weight is 490 g/mol. The van der Waals surface area contributed by atoms with Crippen molar-refractivity contribution in [2.45, 2.75) is 39.2 Å². The van der Waals surface area contributed by atoms with Gasteiger partial charge in [0.05, 0.1) is 23.6 Å². The number of aromatic hydroxyl groups is 1. The Morgan fingerprint density at radius 3 is 2.56 bits per heavy atom. The van der Waals surface area contributed by atoms with Crippen LogP contribution in [-0.4, -0.2) is 56.5 Å². The molecule has 12 heteroatoms. The quantitative estimate of drug-likeness (QED) is 0.412. The number of benzene rings is 1. The van der Waals surface area contributed by atoms with Crippen LogP contribution in [0.5, 0.6) is 5.75 Å². The van der Waals surface area contributed by atoms with E-state index in [4.69, 9.17) is 9.52 Å². The molecule has 0 saturated heterocycles. The summed E-state index contributed by atoms with van der Waals surface area (Å²) in [7, 11) is 1.32. The highest BCUT2D eigenvalue weighted by atomic mass is 32.2. The summed E-state index contributed by atoms with van der Waals surface area (Å²) < 4.78 is 25.7. The molecule has 2 aromatic rings. The number of carboxylic acids is 1. The molecule has 34 heavy (non-hydrogen) atoms. The van der Waals surface area contributed by atoms with Crippen LogP contribution in [0.3, 0.4) is 0 Å². The number of anilines is 1. The van der Waals surface area contributed by atoms with Crippen LogP contribution in [0.1, 0.15) is 60.8 Å². The van der Waals surface area contributed by atoms with Gasteiger partial charge in [0, 0.05) is 7.05 Å². The fraction of sp³-hybridized carbons (Fsp3) is 0.364. The van der Waals surface area contributed by atoms with Crippen molar-refractivity contribution in [2.75, 3.05) is 18.9 Å². The summed E-state index contributed by atoms with van der Waals surface area (Å²) >= 11 is -1.87. The molecule has 1 aliphatic heterocycles. The van der Waals surface area contributed by atoms with Crippen molar-refractivity contribution in [3.63, 3.8) is 0 Å². The minimum atomic E-state index is -1.87. The van der Waals surface area contributed by atoms with E-state index in [9.17, 15) is 18.9 Å². The van der Waals surface area contributed by atoms with Crippen LogP contribution in [0, 0.1) is 0 Å². The van der Waals surface area contributed by atoms with Gasteiger partial charge in [-0.3, -0.25) is 9.59 Å². The maximum absolute atomic E-state index is 12.5. The molecule has 1 aromatic carbocycles. The third kappa shape index (κ3) is 5.63. The molecule has 2 atom stereocenters. The van der Waals surface area contributed by atoms with Gasteiger partial charge in [-0.25, -0.2) is 4.21 Å². The third-order valence-electron chi connectivity index (χ3n) is 5.17. The first-order valence-electron chi connectivity index (χ1n) is 10.6. The van der Waals surface area contributed by atoms with Gasteiger partial charge in [-0.15, -0.1) is 8.80 Å². The Bertz CT molecular complexity index is 1170. The lowest BCUT2D eigenvalue weighted by molar-refractivity contribution is -0.137. The highest BCUT2D eigenvalue weighted by Gasteiger charge is 2.26. The minimum Gasteiger partial charge on any atom is -0.505 e. The molecule has 3 rings (SSSR count). The number of aliphatic carboxylic acids is 1. The lowest BCUT2D eigenvalue weighted by atomic mass is 10.1. The van der Waals surface area contributed by atoms with Crippen molar-refractivity contribution < 1.29 is 28.4 Å². The van der Waals surface area contributed by atoms with E-state index in [1.54, 1.807) is 6.26 Å². The van der Waals surface area contributed by atoms with Gasteiger partial charge >= 0.3 is 5.97 Å². The monoisotopic (exact) mass is 489 g/mol. The van der Waals surface area contributed by atoms with Gasteiger partial charge in [0.15, 0.2) is 17.4 Å². The van der Waals surface area contributed by atoms with E-state index in [0.717, 1.165) is 10.5 Å². The Labute approximate surface area is 199 Å². The van der Waals surface area contributed by atoms with E-state index in [1.807, 2.05) is 13.0 Å². The van der Waals surface area contributed by atoms with Crippen molar-refractivity contribution in [3.05, 3.63) is 47.4 Å². The zero-order valence-electron chi connectivity index (χ0n) is 19.2. The highest BCUT2D eigenvalue weighted by molar-refractivity contribution is 7.83. The molecule has 0 fully saturated rings. The number of rotatable bonds is 8. The topological polar surface area (TPSA) is 157 Å². The number of para-hydroxylation sites is 1. The van der Waals surface area contributed by atoms with Crippen LogP contribution >= 0.6 is 0 Å². The average Bonchev–Trinajstić information content (AvgIpc) is 3.39. The fourth-order valence-corrected chi connectivity index (χ4v) is 3.88. The standard InChI is InChI=1S/C22H27N5O6S/c1-5-15(17-9-13(11-33-17)12(2)3)23-20-21(26-34(32)25-20)24-16-8-6-7-14(19(16)30)22(31)27(4)10-18(28)29/h6-9,11-12,15,30H,5,10H2,1-4H3,(H,23,25)(H,24,26)(H,28,29). The van der Waals surface area contributed by atoms with Crippen LogP contribution in [-0.2, 0) is 16.0 Å². The molecule has 0 bridgehead atoms. The van der Waals surface area contributed by atoms with Crippen molar-refractivity contribution in [1.82, 2.24) is 10.2 Å². The second kappa shape index (κ2) is 10.5. The molecule has 0 saturated carbocycles. The largest absolute Gasteiger partial charge is 0.505 e. The number of carbonyl (C=O) groups excluding carboxylic acids is 1. The first-order chi connectivity index (χ1) is 16.1.